The summed E-state index contributed by atoms with van der Waals surface area (Å²) in [6.07, 6.45) is 0. The number of nitrogens with zero attached hydrogens (tertiary/aromatic N) is 3. The van der Waals surface area contributed by atoms with E-state index in [1.165, 1.54) is 23.9 Å². The number of aromatic nitrogens is 3. The first-order valence-electron chi connectivity index (χ1n) is 10.2. The van der Waals surface area contributed by atoms with Gasteiger partial charge in [-0.15, -0.1) is 10.2 Å². The lowest BCUT2D eigenvalue weighted by Crippen LogP contribution is -2.47. The Kier molecular flexibility index (Phi) is 7.46. The van der Waals surface area contributed by atoms with E-state index in [-0.39, 0.29) is 17.4 Å². The second kappa shape index (κ2) is 9.92. The summed E-state index contributed by atoms with van der Waals surface area (Å²) >= 11 is 7.76. The quantitative estimate of drug-likeness (QED) is 0.440. The molecule has 0 fully saturated rings. The summed E-state index contributed by atoms with van der Waals surface area (Å²) < 4.78 is 15.1. The van der Waals surface area contributed by atoms with Gasteiger partial charge in [-0.25, -0.2) is 9.18 Å². The van der Waals surface area contributed by atoms with E-state index in [0.717, 1.165) is 16.8 Å². The van der Waals surface area contributed by atoms with Crippen LogP contribution < -0.4 is 10.6 Å². The third-order valence-electron chi connectivity index (χ3n) is 4.58. The second-order valence-electron chi connectivity index (χ2n) is 8.59. The summed E-state index contributed by atoms with van der Waals surface area (Å²) in [5.41, 5.74) is 2.43. The molecule has 2 aromatic carbocycles. The fourth-order valence-corrected chi connectivity index (χ4v) is 4.15. The van der Waals surface area contributed by atoms with Gasteiger partial charge in [0.25, 0.3) is 0 Å². The van der Waals surface area contributed by atoms with Crippen molar-refractivity contribution in [2.24, 2.45) is 0 Å². The van der Waals surface area contributed by atoms with Gasteiger partial charge in [-0.3, -0.25) is 4.57 Å². The minimum atomic E-state index is -0.414. The van der Waals surface area contributed by atoms with Crippen LogP contribution in [0.5, 0.6) is 0 Å². The predicted octanol–water partition coefficient (Wildman–Crippen LogP) is 5.82. The Morgan fingerprint density at radius 3 is 2.53 bits per heavy atom. The van der Waals surface area contributed by atoms with Crippen molar-refractivity contribution in [3.05, 3.63) is 70.3 Å². The molecule has 6 nitrogen and oxygen atoms in total. The van der Waals surface area contributed by atoms with Gasteiger partial charge in [-0.1, -0.05) is 41.6 Å². The summed E-state index contributed by atoms with van der Waals surface area (Å²) in [6.45, 7) is 9.59. The number of rotatable bonds is 6. The summed E-state index contributed by atoms with van der Waals surface area (Å²) in [7, 11) is 0. The summed E-state index contributed by atoms with van der Waals surface area (Å²) in [4.78, 5) is 12.4. The molecular weight excluding hydrogens is 449 g/mol. The second-order valence-corrected chi connectivity index (χ2v) is 9.97. The molecule has 0 aliphatic heterocycles. The van der Waals surface area contributed by atoms with Crippen molar-refractivity contribution in [3.8, 4) is 5.69 Å². The number of hydrogen-bond acceptors (Lipinski definition) is 4. The van der Waals surface area contributed by atoms with Crippen molar-refractivity contribution < 1.29 is 9.18 Å². The highest BCUT2D eigenvalue weighted by atomic mass is 35.5. The van der Waals surface area contributed by atoms with Crippen molar-refractivity contribution in [2.75, 3.05) is 0 Å². The monoisotopic (exact) mass is 475 g/mol. The summed E-state index contributed by atoms with van der Waals surface area (Å²) in [5.74, 6) is 0.901. The van der Waals surface area contributed by atoms with Gasteiger partial charge >= 0.3 is 6.03 Å². The normalized spacial score (nSPS) is 12.5. The molecule has 1 aromatic heterocycles. The fraction of sp³-hybridized carbons (Fsp3) is 0.348. The highest BCUT2D eigenvalue weighted by Gasteiger charge is 2.23. The minimum absolute atomic E-state index is 0.271. The van der Waals surface area contributed by atoms with E-state index >= 15 is 0 Å². The Bertz CT molecular complexity index is 1090. The number of aryl methyl sites for hydroxylation is 1. The molecule has 1 atom stereocenters. The Hall–Kier alpha value is -2.58. The SMILES string of the molecule is Cc1ccc(Cl)cc1-n1c(SCc2ccc(F)cc2)nnc1C(C)NC(=O)NC(C)(C)C. The fourth-order valence-electron chi connectivity index (χ4n) is 3.07. The standard InChI is InChI=1S/C23H27ClFN5OS/c1-14-6-9-17(24)12-19(14)30-20(15(2)26-21(31)27-23(3,4)5)28-29-22(30)32-13-16-7-10-18(25)11-8-16/h6-12,15H,13H2,1-5H3,(H2,26,27,31). The molecule has 0 saturated carbocycles. The van der Waals surface area contributed by atoms with E-state index in [1.54, 1.807) is 12.1 Å². The zero-order valence-electron chi connectivity index (χ0n) is 18.7. The van der Waals surface area contributed by atoms with Gasteiger partial charge in [0, 0.05) is 16.3 Å². The lowest BCUT2D eigenvalue weighted by molar-refractivity contribution is 0.228. The van der Waals surface area contributed by atoms with Gasteiger partial charge in [-0.2, -0.15) is 0 Å². The lowest BCUT2D eigenvalue weighted by atomic mass is 10.1. The maximum Gasteiger partial charge on any atom is 0.315 e. The van der Waals surface area contributed by atoms with Crippen molar-refractivity contribution >= 4 is 29.4 Å². The van der Waals surface area contributed by atoms with Crippen LogP contribution in [0.15, 0.2) is 47.6 Å². The van der Waals surface area contributed by atoms with Crippen LogP contribution in [0.2, 0.25) is 5.02 Å². The molecule has 0 radical (unpaired) electrons. The van der Waals surface area contributed by atoms with E-state index in [4.69, 9.17) is 11.6 Å². The highest BCUT2D eigenvalue weighted by Crippen LogP contribution is 2.30. The number of hydrogen-bond donors (Lipinski definition) is 2. The summed E-state index contributed by atoms with van der Waals surface area (Å²) in [6, 6.07) is 11.3. The van der Waals surface area contributed by atoms with Crippen LogP contribution in [-0.4, -0.2) is 26.3 Å². The maximum atomic E-state index is 13.2. The van der Waals surface area contributed by atoms with Gasteiger partial charge in [0.05, 0.1) is 11.7 Å². The molecule has 0 aliphatic rings. The van der Waals surface area contributed by atoms with Crippen LogP contribution in [-0.2, 0) is 5.75 Å². The first-order chi connectivity index (χ1) is 15.0. The molecule has 0 aliphatic carbocycles. The molecule has 2 N–H and O–H groups in total. The number of carbonyl (C=O) groups excluding carboxylic acids is 1. The Morgan fingerprint density at radius 1 is 1.19 bits per heavy atom. The van der Waals surface area contributed by atoms with Crippen LogP contribution in [0.1, 0.15) is 50.7 Å². The first-order valence-corrected chi connectivity index (χ1v) is 11.6. The Balaban J connectivity index is 1.93. The lowest BCUT2D eigenvalue weighted by Gasteiger charge is -2.23. The number of carbonyl (C=O) groups is 1. The van der Waals surface area contributed by atoms with E-state index < -0.39 is 6.04 Å². The van der Waals surface area contributed by atoms with Crippen LogP contribution in [0.25, 0.3) is 5.69 Å². The molecule has 2 amide bonds. The molecule has 32 heavy (non-hydrogen) atoms. The van der Waals surface area contributed by atoms with E-state index in [0.29, 0.717) is 21.8 Å². The van der Waals surface area contributed by atoms with Crippen LogP contribution in [0.4, 0.5) is 9.18 Å². The van der Waals surface area contributed by atoms with E-state index in [1.807, 2.05) is 57.4 Å². The molecule has 1 unspecified atom stereocenters. The van der Waals surface area contributed by atoms with Crippen molar-refractivity contribution in [2.45, 2.75) is 57.1 Å². The number of thioether (sulfide) groups is 1. The zero-order valence-corrected chi connectivity index (χ0v) is 20.3. The molecular formula is C23H27ClFN5OS. The van der Waals surface area contributed by atoms with Crippen LogP contribution >= 0.6 is 23.4 Å². The van der Waals surface area contributed by atoms with E-state index in [2.05, 4.69) is 20.8 Å². The molecule has 3 aromatic rings. The topological polar surface area (TPSA) is 71.8 Å². The molecule has 170 valence electrons. The maximum absolute atomic E-state index is 13.2. The molecule has 1 heterocycles. The number of urea groups is 1. The van der Waals surface area contributed by atoms with Gasteiger partial charge in [0.1, 0.15) is 5.82 Å². The molecule has 3 rings (SSSR count). The Labute approximate surface area is 197 Å². The van der Waals surface area contributed by atoms with Crippen molar-refractivity contribution in [3.63, 3.8) is 0 Å². The highest BCUT2D eigenvalue weighted by molar-refractivity contribution is 7.98. The average molecular weight is 476 g/mol. The first kappa shape index (κ1) is 24.1. The van der Waals surface area contributed by atoms with Crippen LogP contribution in [0.3, 0.4) is 0 Å². The smallest absolute Gasteiger partial charge is 0.315 e. The minimum Gasteiger partial charge on any atom is -0.334 e. The third-order valence-corrected chi connectivity index (χ3v) is 5.81. The average Bonchev–Trinajstić information content (AvgIpc) is 3.11. The molecule has 0 saturated heterocycles. The van der Waals surface area contributed by atoms with Crippen molar-refractivity contribution in [1.29, 1.82) is 0 Å². The third kappa shape index (κ3) is 6.23. The van der Waals surface area contributed by atoms with Gasteiger partial charge in [-0.05, 0) is 70.0 Å². The van der Waals surface area contributed by atoms with Gasteiger partial charge in [0.15, 0.2) is 11.0 Å². The molecule has 0 bridgehead atoms. The van der Waals surface area contributed by atoms with Gasteiger partial charge < -0.3 is 10.6 Å². The number of benzene rings is 2. The molecule has 0 spiro atoms. The molecule has 9 heteroatoms. The van der Waals surface area contributed by atoms with E-state index in [9.17, 15) is 9.18 Å². The van der Waals surface area contributed by atoms with Crippen molar-refractivity contribution in [1.82, 2.24) is 25.4 Å². The number of amides is 2. The van der Waals surface area contributed by atoms with Crippen LogP contribution in [0, 0.1) is 12.7 Å². The largest absolute Gasteiger partial charge is 0.334 e. The van der Waals surface area contributed by atoms with Gasteiger partial charge in [0.2, 0.25) is 0 Å². The number of halogens is 2. The Morgan fingerprint density at radius 2 is 1.88 bits per heavy atom. The zero-order chi connectivity index (χ0) is 23.5. The number of nitrogens with one attached hydrogen (secondary N) is 2. The predicted molar refractivity (Wildman–Crippen MR) is 127 cm³/mol. The summed E-state index contributed by atoms with van der Waals surface area (Å²) in [5, 5.41) is 15.8.